The standard InChI is InChI=1S/C8H15ClNO5P/c1-6(7(9)8(11)10(2)3)15-16(12,13-4)14-5/h1-5H3. The van der Waals surface area contributed by atoms with E-state index in [1.807, 2.05) is 0 Å². The van der Waals surface area contributed by atoms with E-state index in [-0.39, 0.29) is 10.8 Å². The van der Waals surface area contributed by atoms with Crippen molar-refractivity contribution in [3.8, 4) is 0 Å². The molecule has 8 heteroatoms. The number of nitrogens with zero attached hydrogens (tertiary/aromatic N) is 1. The number of hydrogen-bond acceptors (Lipinski definition) is 5. The van der Waals surface area contributed by atoms with Gasteiger partial charge in [-0.2, -0.15) is 0 Å². The number of halogens is 1. The highest BCUT2D eigenvalue weighted by atomic mass is 35.5. The van der Waals surface area contributed by atoms with Gasteiger partial charge < -0.3 is 9.42 Å². The molecule has 0 saturated heterocycles. The molecule has 0 bridgehead atoms. The topological polar surface area (TPSA) is 65.1 Å². The van der Waals surface area contributed by atoms with Gasteiger partial charge in [-0.25, -0.2) is 4.57 Å². The monoisotopic (exact) mass is 271 g/mol. The lowest BCUT2D eigenvalue weighted by molar-refractivity contribution is -0.124. The minimum Gasteiger partial charge on any atom is -0.407 e. The predicted octanol–water partition coefficient (Wildman–Crippen LogP) is 1.96. The molecular weight excluding hydrogens is 257 g/mol. The van der Waals surface area contributed by atoms with Crippen molar-refractivity contribution >= 4 is 25.3 Å². The highest BCUT2D eigenvalue weighted by Crippen LogP contribution is 2.50. The van der Waals surface area contributed by atoms with Crippen LogP contribution in [0.4, 0.5) is 0 Å². The molecule has 0 saturated carbocycles. The first-order chi connectivity index (χ1) is 7.27. The number of carbonyl (C=O) groups excluding carboxylic acids is 1. The van der Waals surface area contributed by atoms with Crippen LogP contribution in [0.15, 0.2) is 10.8 Å². The van der Waals surface area contributed by atoms with Gasteiger partial charge in [0, 0.05) is 28.3 Å². The highest BCUT2D eigenvalue weighted by molar-refractivity contribution is 7.48. The zero-order valence-corrected chi connectivity index (χ0v) is 11.5. The number of hydrogen-bond donors (Lipinski definition) is 0. The van der Waals surface area contributed by atoms with E-state index >= 15 is 0 Å². The molecule has 0 N–H and O–H groups in total. The summed E-state index contributed by atoms with van der Waals surface area (Å²) in [4.78, 5) is 12.7. The Hall–Kier alpha value is -0.550. The number of phosphoric ester groups is 1. The molecule has 0 radical (unpaired) electrons. The van der Waals surface area contributed by atoms with Crippen LogP contribution in [0, 0.1) is 0 Å². The maximum absolute atomic E-state index is 11.6. The van der Waals surface area contributed by atoms with Crippen molar-refractivity contribution in [3.05, 3.63) is 10.8 Å². The third-order valence-electron chi connectivity index (χ3n) is 1.60. The summed E-state index contributed by atoms with van der Waals surface area (Å²) in [6, 6.07) is 0. The van der Waals surface area contributed by atoms with Crippen LogP contribution in [0.5, 0.6) is 0 Å². The van der Waals surface area contributed by atoms with Gasteiger partial charge in [0.05, 0.1) is 0 Å². The number of rotatable bonds is 5. The van der Waals surface area contributed by atoms with E-state index in [0.717, 1.165) is 0 Å². The van der Waals surface area contributed by atoms with Crippen LogP contribution in [0.1, 0.15) is 6.92 Å². The van der Waals surface area contributed by atoms with E-state index < -0.39 is 13.7 Å². The number of phosphoric acid groups is 1. The van der Waals surface area contributed by atoms with Gasteiger partial charge in [-0.1, -0.05) is 11.6 Å². The molecule has 0 aliphatic heterocycles. The van der Waals surface area contributed by atoms with Crippen molar-refractivity contribution in [2.24, 2.45) is 0 Å². The summed E-state index contributed by atoms with van der Waals surface area (Å²) >= 11 is 5.73. The van der Waals surface area contributed by atoms with Crippen molar-refractivity contribution in [1.29, 1.82) is 0 Å². The molecule has 1 amide bonds. The van der Waals surface area contributed by atoms with Crippen LogP contribution in [0.25, 0.3) is 0 Å². The average Bonchev–Trinajstić information content (AvgIpc) is 2.26. The van der Waals surface area contributed by atoms with Gasteiger partial charge in [-0.05, 0) is 6.92 Å². The molecule has 0 aromatic rings. The lowest BCUT2D eigenvalue weighted by Gasteiger charge is -2.16. The summed E-state index contributed by atoms with van der Waals surface area (Å²) in [6.07, 6.45) is 0. The molecule has 16 heavy (non-hydrogen) atoms. The fraction of sp³-hybridized carbons (Fsp3) is 0.625. The van der Waals surface area contributed by atoms with E-state index in [9.17, 15) is 9.36 Å². The van der Waals surface area contributed by atoms with Crippen LogP contribution in [-0.2, 0) is 22.9 Å². The summed E-state index contributed by atoms with van der Waals surface area (Å²) in [5.41, 5.74) is 0. The first kappa shape index (κ1) is 15.4. The average molecular weight is 272 g/mol. The Morgan fingerprint density at radius 3 is 2.00 bits per heavy atom. The molecule has 94 valence electrons. The predicted molar refractivity (Wildman–Crippen MR) is 60.0 cm³/mol. The van der Waals surface area contributed by atoms with Crippen molar-refractivity contribution in [3.63, 3.8) is 0 Å². The van der Waals surface area contributed by atoms with Crippen LogP contribution >= 0.6 is 19.4 Å². The molecular formula is C8H15ClNO5P. The van der Waals surface area contributed by atoms with Gasteiger partial charge in [0.15, 0.2) is 0 Å². The summed E-state index contributed by atoms with van der Waals surface area (Å²) in [5, 5.41) is -0.181. The number of likely N-dealkylation sites (N-methyl/N-ethyl adjacent to an activating group) is 1. The van der Waals surface area contributed by atoms with Gasteiger partial charge in [0.2, 0.25) is 0 Å². The molecule has 0 aromatic heterocycles. The quantitative estimate of drug-likeness (QED) is 0.434. The van der Waals surface area contributed by atoms with E-state index in [0.29, 0.717) is 0 Å². The molecule has 0 aliphatic carbocycles. The highest BCUT2D eigenvalue weighted by Gasteiger charge is 2.27. The van der Waals surface area contributed by atoms with Crippen LogP contribution < -0.4 is 0 Å². The summed E-state index contributed by atoms with van der Waals surface area (Å²) < 4.78 is 25.5. The first-order valence-electron chi connectivity index (χ1n) is 4.26. The zero-order valence-electron chi connectivity index (χ0n) is 9.81. The van der Waals surface area contributed by atoms with Crippen molar-refractivity contribution in [2.45, 2.75) is 6.92 Å². The molecule has 0 fully saturated rings. The Morgan fingerprint density at radius 2 is 1.69 bits per heavy atom. The van der Waals surface area contributed by atoms with E-state index in [1.165, 1.54) is 40.1 Å². The molecule has 0 spiro atoms. The van der Waals surface area contributed by atoms with E-state index in [2.05, 4.69) is 9.05 Å². The van der Waals surface area contributed by atoms with Crippen LogP contribution in [0.3, 0.4) is 0 Å². The molecule has 0 atom stereocenters. The lowest BCUT2D eigenvalue weighted by Crippen LogP contribution is -2.22. The largest absolute Gasteiger partial charge is 0.529 e. The second-order valence-corrected chi connectivity index (χ2v) is 5.16. The second kappa shape index (κ2) is 6.25. The molecule has 0 rings (SSSR count). The van der Waals surface area contributed by atoms with Gasteiger partial charge in [0.1, 0.15) is 10.8 Å². The smallest absolute Gasteiger partial charge is 0.407 e. The van der Waals surface area contributed by atoms with Crippen LogP contribution in [-0.4, -0.2) is 39.1 Å². The van der Waals surface area contributed by atoms with Gasteiger partial charge in [-0.3, -0.25) is 13.8 Å². The minimum absolute atomic E-state index is 0.0209. The Morgan fingerprint density at radius 1 is 1.25 bits per heavy atom. The summed E-state index contributed by atoms with van der Waals surface area (Å²) in [6.45, 7) is 1.40. The van der Waals surface area contributed by atoms with Gasteiger partial charge >= 0.3 is 7.82 Å². The third-order valence-corrected chi connectivity index (χ3v) is 3.42. The second-order valence-electron chi connectivity index (χ2n) is 2.97. The summed E-state index contributed by atoms with van der Waals surface area (Å²) in [5.74, 6) is -0.481. The Bertz CT molecular complexity index is 333. The molecule has 0 heterocycles. The van der Waals surface area contributed by atoms with Crippen molar-refractivity contribution < 1.29 is 22.9 Å². The molecule has 6 nitrogen and oxygen atoms in total. The molecule has 0 aliphatic rings. The van der Waals surface area contributed by atoms with E-state index in [4.69, 9.17) is 16.1 Å². The Kier molecular flexibility index (Phi) is 6.04. The number of amides is 1. The number of carbonyl (C=O) groups is 1. The van der Waals surface area contributed by atoms with Gasteiger partial charge in [0.25, 0.3) is 5.91 Å². The Labute approximate surface area is 99.7 Å². The van der Waals surface area contributed by atoms with Crippen LogP contribution in [0.2, 0.25) is 0 Å². The summed E-state index contributed by atoms with van der Waals surface area (Å²) in [7, 11) is 1.72. The fourth-order valence-electron chi connectivity index (χ4n) is 0.704. The molecule has 0 aromatic carbocycles. The van der Waals surface area contributed by atoms with Gasteiger partial charge in [-0.15, -0.1) is 0 Å². The maximum atomic E-state index is 11.6. The number of allylic oxidation sites excluding steroid dienone is 1. The maximum Gasteiger partial charge on any atom is 0.529 e. The van der Waals surface area contributed by atoms with E-state index in [1.54, 1.807) is 0 Å². The fourth-order valence-corrected chi connectivity index (χ4v) is 1.69. The van der Waals surface area contributed by atoms with Crippen molar-refractivity contribution in [2.75, 3.05) is 28.3 Å². The minimum atomic E-state index is -3.67. The zero-order chi connectivity index (χ0) is 12.9. The van der Waals surface area contributed by atoms with Crippen molar-refractivity contribution in [1.82, 2.24) is 4.90 Å². The third kappa shape index (κ3) is 4.14. The first-order valence-corrected chi connectivity index (χ1v) is 6.10. The molecule has 0 unspecified atom stereocenters. The Balaban J connectivity index is 4.92. The lowest BCUT2D eigenvalue weighted by atomic mass is 10.4. The normalized spacial score (nSPS) is 13.1. The SMILES string of the molecule is COP(=O)(OC)OC(C)=C(Cl)C(=O)N(C)C.